The van der Waals surface area contributed by atoms with E-state index in [1.165, 1.54) is 5.56 Å². The van der Waals surface area contributed by atoms with Gasteiger partial charge in [0.2, 0.25) is 0 Å². The van der Waals surface area contributed by atoms with Gasteiger partial charge >= 0.3 is 0 Å². The average molecular weight is 404 g/mol. The van der Waals surface area contributed by atoms with Crippen LogP contribution in [-0.4, -0.2) is 17.0 Å². The van der Waals surface area contributed by atoms with Crippen molar-refractivity contribution in [2.45, 2.75) is 19.8 Å². The summed E-state index contributed by atoms with van der Waals surface area (Å²) in [5.74, 6) is -0.366. The Balaban J connectivity index is 1.67. The van der Waals surface area contributed by atoms with Crippen molar-refractivity contribution in [2.75, 3.05) is 6.54 Å². The Hall–Kier alpha value is -3.29. The van der Waals surface area contributed by atoms with E-state index in [0.717, 1.165) is 29.8 Å². The van der Waals surface area contributed by atoms with Crippen LogP contribution in [0.1, 0.15) is 23.2 Å². The molecule has 2 aromatic carbocycles. The third kappa shape index (κ3) is 5.37. The molecule has 0 atom stereocenters. The van der Waals surface area contributed by atoms with Crippen molar-refractivity contribution in [3.63, 3.8) is 0 Å². The number of rotatable bonds is 7. The normalized spacial score (nSPS) is 11.1. The number of aromatic nitrogens is 1. The minimum atomic E-state index is -0.366. The van der Waals surface area contributed by atoms with Gasteiger partial charge in [0.15, 0.2) is 0 Å². The van der Waals surface area contributed by atoms with Gasteiger partial charge in [-0.1, -0.05) is 48.0 Å². The topological polar surface area (TPSA) is 57.8 Å². The molecule has 1 N–H and O–H groups in total. The lowest BCUT2D eigenvalue weighted by Gasteiger charge is -2.09. The molecule has 0 spiro atoms. The summed E-state index contributed by atoms with van der Waals surface area (Å²) >= 11 is 6.24. The molecule has 0 aliphatic rings. The van der Waals surface area contributed by atoms with Gasteiger partial charge in [0.1, 0.15) is 11.6 Å². The van der Waals surface area contributed by atoms with Crippen molar-refractivity contribution >= 4 is 23.6 Å². The van der Waals surface area contributed by atoms with Gasteiger partial charge in [-0.3, -0.25) is 4.79 Å². The quantitative estimate of drug-likeness (QED) is 0.339. The van der Waals surface area contributed by atoms with Crippen LogP contribution in [0.25, 0.3) is 11.8 Å². The summed E-state index contributed by atoms with van der Waals surface area (Å²) in [6.07, 6.45) is 5.16. The Bertz CT molecular complexity index is 1060. The molecule has 4 nitrogen and oxygen atoms in total. The van der Waals surface area contributed by atoms with Crippen LogP contribution in [0.4, 0.5) is 0 Å². The standard InChI is InChI=1S/C24H22ClN3O/c1-18-11-12-22(16-23(18)25)28-14-6-10-21(28)15-20(17-26)24(29)27-13-5-9-19-7-3-2-4-8-19/h2-4,6-8,10-12,14-16H,5,9,13H2,1H3,(H,27,29)/b20-15-. The van der Waals surface area contributed by atoms with Crippen molar-refractivity contribution < 1.29 is 4.79 Å². The third-order valence-corrected chi connectivity index (χ3v) is 5.05. The first-order valence-corrected chi connectivity index (χ1v) is 9.84. The van der Waals surface area contributed by atoms with Gasteiger partial charge < -0.3 is 9.88 Å². The van der Waals surface area contributed by atoms with Crippen LogP contribution in [-0.2, 0) is 11.2 Å². The fourth-order valence-electron chi connectivity index (χ4n) is 3.01. The number of halogens is 1. The molecule has 0 saturated carbocycles. The molecule has 0 fully saturated rings. The number of amides is 1. The van der Waals surface area contributed by atoms with Crippen LogP contribution in [0.2, 0.25) is 5.02 Å². The fraction of sp³-hybridized carbons (Fsp3) is 0.167. The number of carbonyl (C=O) groups is 1. The first kappa shape index (κ1) is 20.4. The molecule has 1 heterocycles. The molecular formula is C24H22ClN3O. The van der Waals surface area contributed by atoms with E-state index in [1.54, 1.807) is 6.08 Å². The fourth-order valence-corrected chi connectivity index (χ4v) is 3.18. The second-order valence-corrected chi connectivity index (χ2v) is 7.16. The summed E-state index contributed by atoms with van der Waals surface area (Å²) < 4.78 is 1.89. The molecule has 1 aromatic heterocycles. The Kier molecular flexibility index (Phi) is 6.89. The smallest absolute Gasteiger partial charge is 0.262 e. The second-order valence-electron chi connectivity index (χ2n) is 6.75. The summed E-state index contributed by atoms with van der Waals surface area (Å²) in [4.78, 5) is 12.4. The molecular weight excluding hydrogens is 382 g/mol. The predicted molar refractivity (Wildman–Crippen MR) is 117 cm³/mol. The molecule has 29 heavy (non-hydrogen) atoms. The van der Waals surface area contributed by atoms with E-state index in [-0.39, 0.29) is 11.5 Å². The Morgan fingerprint density at radius 3 is 2.69 bits per heavy atom. The Morgan fingerprint density at radius 2 is 1.97 bits per heavy atom. The van der Waals surface area contributed by atoms with Crippen molar-refractivity contribution in [1.29, 1.82) is 5.26 Å². The SMILES string of the molecule is Cc1ccc(-n2cccc2/C=C(/C#N)C(=O)NCCCc2ccccc2)cc1Cl. The third-order valence-electron chi connectivity index (χ3n) is 4.64. The minimum Gasteiger partial charge on any atom is -0.351 e. The summed E-state index contributed by atoms with van der Waals surface area (Å²) in [7, 11) is 0. The maximum atomic E-state index is 12.4. The van der Waals surface area contributed by atoms with E-state index in [1.807, 2.05) is 72.3 Å². The average Bonchev–Trinajstić information content (AvgIpc) is 3.20. The number of hydrogen-bond acceptors (Lipinski definition) is 2. The lowest BCUT2D eigenvalue weighted by molar-refractivity contribution is -0.117. The zero-order valence-electron chi connectivity index (χ0n) is 16.2. The van der Waals surface area contributed by atoms with E-state index in [4.69, 9.17) is 11.6 Å². The molecule has 5 heteroatoms. The molecule has 0 unspecified atom stereocenters. The molecule has 3 aromatic rings. The number of nitrogens with zero attached hydrogens (tertiary/aromatic N) is 2. The summed E-state index contributed by atoms with van der Waals surface area (Å²) in [5, 5.41) is 13.0. The zero-order valence-corrected chi connectivity index (χ0v) is 17.0. The van der Waals surface area contributed by atoms with Gasteiger partial charge in [-0.05, 0) is 61.2 Å². The molecule has 0 bridgehead atoms. The Labute approximate surface area is 176 Å². The van der Waals surface area contributed by atoms with Crippen molar-refractivity contribution in [1.82, 2.24) is 9.88 Å². The maximum absolute atomic E-state index is 12.4. The van der Waals surface area contributed by atoms with Crippen LogP contribution in [0.5, 0.6) is 0 Å². The highest BCUT2D eigenvalue weighted by Gasteiger charge is 2.11. The van der Waals surface area contributed by atoms with Crippen LogP contribution < -0.4 is 5.32 Å². The summed E-state index contributed by atoms with van der Waals surface area (Å²) in [6.45, 7) is 2.46. The first-order valence-electron chi connectivity index (χ1n) is 9.46. The number of aryl methyl sites for hydroxylation is 2. The van der Waals surface area contributed by atoms with Gasteiger partial charge in [0.05, 0.1) is 0 Å². The van der Waals surface area contributed by atoms with Gasteiger partial charge in [0.25, 0.3) is 5.91 Å². The van der Waals surface area contributed by atoms with Crippen LogP contribution in [0.15, 0.2) is 72.4 Å². The van der Waals surface area contributed by atoms with Crippen LogP contribution in [0.3, 0.4) is 0 Å². The van der Waals surface area contributed by atoms with Gasteiger partial charge in [-0.2, -0.15) is 5.26 Å². The Morgan fingerprint density at radius 1 is 1.17 bits per heavy atom. The molecule has 0 aliphatic heterocycles. The van der Waals surface area contributed by atoms with Crippen LogP contribution >= 0.6 is 11.6 Å². The second kappa shape index (κ2) is 9.77. The molecule has 0 radical (unpaired) electrons. The van der Waals surface area contributed by atoms with E-state index < -0.39 is 0 Å². The number of nitrogens with one attached hydrogen (secondary N) is 1. The number of hydrogen-bond donors (Lipinski definition) is 1. The molecule has 0 aliphatic carbocycles. The number of nitriles is 1. The molecule has 3 rings (SSSR count). The summed E-state index contributed by atoms with van der Waals surface area (Å²) in [6, 6.07) is 21.6. The van der Waals surface area contributed by atoms with E-state index in [0.29, 0.717) is 11.6 Å². The highest BCUT2D eigenvalue weighted by atomic mass is 35.5. The van der Waals surface area contributed by atoms with E-state index in [9.17, 15) is 10.1 Å². The zero-order chi connectivity index (χ0) is 20.6. The minimum absolute atomic E-state index is 0.0721. The number of benzene rings is 2. The molecule has 1 amide bonds. The van der Waals surface area contributed by atoms with E-state index in [2.05, 4.69) is 17.4 Å². The van der Waals surface area contributed by atoms with Gasteiger partial charge in [-0.25, -0.2) is 0 Å². The monoisotopic (exact) mass is 403 g/mol. The number of carbonyl (C=O) groups excluding carboxylic acids is 1. The van der Waals surface area contributed by atoms with Gasteiger partial charge in [0, 0.05) is 29.1 Å². The highest BCUT2D eigenvalue weighted by Crippen LogP contribution is 2.22. The largest absolute Gasteiger partial charge is 0.351 e. The van der Waals surface area contributed by atoms with Crippen LogP contribution in [0, 0.1) is 18.3 Å². The van der Waals surface area contributed by atoms with E-state index >= 15 is 0 Å². The maximum Gasteiger partial charge on any atom is 0.262 e. The predicted octanol–water partition coefficient (Wildman–Crippen LogP) is 5.10. The van der Waals surface area contributed by atoms with Gasteiger partial charge in [-0.15, -0.1) is 0 Å². The van der Waals surface area contributed by atoms with Crippen molar-refractivity contribution in [3.05, 3.63) is 94.3 Å². The lowest BCUT2D eigenvalue weighted by Crippen LogP contribution is -2.26. The summed E-state index contributed by atoms with van der Waals surface area (Å²) in [5.41, 5.74) is 3.90. The highest BCUT2D eigenvalue weighted by molar-refractivity contribution is 6.31. The first-order chi connectivity index (χ1) is 14.1. The molecule has 0 saturated heterocycles. The van der Waals surface area contributed by atoms with Crippen molar-refractivity contribution in [2.24, 2.45) is 0 Å². The lowest BCUT2D eigenvalue weighted by atomic mass is 10.1. The molecule has 146 valence electrons. The van der Waals surface area contributed by atoms with Crippen molar-refractivity contribution in [3.8, 4) is 11.8 Å².